The van der Waals surface area contributed by atoms with E-state index >= 15 is 0 Å². The predicted octanol–water partition coefficient (Wildman–Crippen LogP) is 4.39. The molecule has 0 heteroatoms. The van der Waals surface area contributed by atoms with Gasteiger partial charge in [-0.3, -0.25) is 0 Å². The van der Waals surface area contributed by atoms with Crippen molar-refractivity contribution in [1.82, 2.24) is 0 Å². The summed E-state index contributed by atoms with van der Waals surface area (Å²) in [6.07, 6.45) is 10.2. The van der Waals surface area contributed by atoms with Gasteiger partial charge in [-0.15, -0.1) is 0 Å². The Morgan fingerprint density at radius 1 is 1.17 bits per heavy atom. The fraction of sp³-hybridized carbons (Fsp3) is 1.00. The van der Waals surface area contributed by atoms with Gasteiger partial charge in [0, 0.05) is 0 Å². The molecule has 0 amide bonds. The third-order valence-electron chi connectivity index (χ3n) is 3.83. The van der Waals surface area contributed by atoms with Crippen LogP contribution in [-0.4, -0.2) is 0 Å². The molecule has 0 bridgehead atoms. The molecule has 1 rings (SSSR count). The van der Waals surface area contributed by atoms with Crippen molar-refractivity contribution < 1.29 is 0 Å². The number of hydrogen-bond donors (Lipinski definition) is 0. The van der Waals surface area contributed by atoms with E-state index in [-0.39, 0.29) is 0 Å². The summed E-state index contributed by atoms with van der Waals surface area (Å²) in [5.74, 6) is 0.981. The Morgan fingerprint density at radius 3 is 2.25 bits per heavy atom. The molecule has 0 aromatic rings. The van der Waals surface area contributed by atoms with Crippen molar-refractivity contribution in [3.05, 3.63) is 0 Å². The maximum absolute atomic E-state index is 2.44. The largest absolute Gasteiger partial charge is 0.0654 e. The lowest BCUT2D eigenvalue weighted by atomic mass is 9.84. The molecule has 0 nitrogen and oxygen atoms in total. The highest BCUT2D eigenvalue weighted by Gasteiger charge is 2.45. The summed E-state index contributed by atoms with van der Waals surface area (Å²) in [5, 5.41) is 0. The summed E-state index contributed by atoms with van der Waals surface area (Å²) in [4.78, 5) is 0. The molecule has 0 saturated heterocycles. The highest BCUT2D eigenvalue weighted by atomic mass is 14.5. The second-order valence-electron chi connectivity index (χ2n) is 4.63. The molecule has 0 aromatic carbocycles. The monoisotopic (exact) mass is 168 g/mol. The maximum atomic E-state index is 2.44. The van der Waals surface area contributed by atoms with Gasteiger partial charge in [0.1, 0.15) is 0 Å². The van der Waals surface area contributed by atoms with Crippen LogP contribution in [0.1, 0.15) is 65.7 Å². The molecule has 1 saturated carbocycles. The van der Waals surface area contributed by atoms with E-state index in [4.69, 9.17) is 0 Å². The Morgan fingerprint density at radius 2 is 1.83 bits per heavy atom. The van der Waals surface area contributed by atoms with Gasteiger partial charge in [0.2, 0.25) is 0 Å². The van der Waals surface area contributed by atoms with E-state index in [1.807, 2.05) is 0 Å². The van der Waals surface area contributed by atoms with Crippen molar-refractivity contribution in [2.75, 3.05) is 0 Å². The van der Waals surface area contributed by atoms with Crippen molar-refractivity contribution in [2.24, 2.45) is 11.3 Å². The molecule has 1 fully saturated rings. The van der Waals surface area contributed by atoms with Crippen LogP contribution in [0.3, 0.4) is 0 Å². The average Bonchev–Trinajstić information content (AvgIpc) is 2.85. The molecule has 1 atom stereocenters. The minimum Gasteiger partial charge on any atom is -0.0654 e. The van der Waals surface area contributed by atoms with Crippen LogP contribution < -0.4 is 0 Å². The van der Waals surface area contributed by atoms with Crippen molar-refractivity contribution in [1.29, 1.82) is 0 Å². The number of rotatable bonds is 6. The van der Waals surface area contributed by atoms with Gasteiger partial charge in [-0.2, -0.15) is 0 Å². The molecule has 0 radical (unpaired) electrons. The Bertz CT molecular complexity index is 122. The van der Waals surface area contributed by atoms with Crippen LogP contribution in [0.2, 0.25) is 0 Å². The molecular formula is C12H24. The van der Waals surface area contributed by atoms with E-state index in [0.717, 1.165) is 11.3 Å². The summed E-state index contributed by atoms with van der Waals surface area (Å²) < 4.78 is 0. The molecule has 1 unspecified atom stereocenters. The molecule has 0 heterocycles. The molecule has 72 valence electrons. The van der Waals surface area contributed by atoms with Crippen molar-refractivity contribution in [3.8, 4) is 0 Å². The van der Waals surface area contributed by atoms with Crippen LogP contribution in [-0.2, 0) is 0 Å². The first-order chi connectivity index (χ1) is 5.75. The third kappa shape index (κ3) is 2.24. The summed E-state index contributed by atoms with van der Waals surface area (Å²) in [5.41, 5.74) is 0.809. The smallest absolute Gasteiger partial charge is 0.0271 e. The van der Waals surface area contributed by atoms with Crippen LogP contribution >= 0.6 is 0 Å². The zero-order chi connectivity index (χ0) is 9.03. The Kier molecular flexibility index (Phi) is 3.61. The molecule has 12 heavy (non-hydrogen) atoms. The van der Waals surface area contributed by atoms with E-state index in [9.17, 15) is 0 Å². The van der Waals surface area contributed by atoms with E-state index in [1.54, 1.807) is 0 Å². The van der Waals surface area contributed by atoms with Gasteiger partial charge in [0.05, 0.1) is 0 Å². The normalized spacial score (nSPS) is 22.2. The predicted molar refractivity (Wildman–Crippen MR) is 55.3 cm³/mol. The second kappa shape index (κ2) is 4.30. The SMILES string of the molecule is CCCCCC1(C(C)CC)CC1. The van der Waals surface area contributed by atoms with Gasteiger partial charge in [-0.1, -0.05) is 46.5 Å². The molecule has 0 N–H and O–H groups in total. The van der Waals surface area contributed by atoms with E-state index in [0.29, 0.717) is 0 Å². The zero-order valence-corrected chi connectivity index (χ0v) is 9.03. The third-order valence-corrected chi connectivity index (χ3v) is 3.83. The first kappa shape index (κ1) is 10.1. The van der Waals surface area contributed by atoms with Gasteiger partial charge in [-0.25, -0.2) is 0 Å². The fourth-order valence-electron chi connectivity index (χ4n) is 2.31. The Hall–Kier alpha value is 0. The summed E-state index contributed by atoms with van der Waals surface area (Å²) in [6, 6.07) is 0. The van der Waals surface area contributed by atoms with Crippen LogP contribution in [0, 0.1) is 11.3 Å². The van der Waals surface area contributed by atoms with Crippen molar-refractivity contribution in [3.63, 3.8) is 0 Å². The van der Waals surface area contributed by atoms with E-state index in [2.05, 4.69) is 20.8 Å². The van der Waals surface area contributed by atoms with Crippen molar-refractivity contribution >= 4 is 0 Å². The minimum absolute atomic E-state index is 0.809. The van der Waals surface area contributed by atoms with Gasteiger partial charge in [0.25, 0.3) is 0 Å². The zero-order valence-electron chi connectivity index (χ0n) is 9.03. The minimum atomic E-state index is 0.809. The maximum Gasteiger partial charge on any atom is -0.0271 e. The van der Waals surface area contributed by atoms with E-state index in [1.165, 1.54) is 44.9 Å². The van der Waals surface area contributed by atoms with Crippen LogP contribution in [0.15, 0.2) is 0 Å². The van der Waals surface area contributed by atoms with Crippen LogP contribution in [0.25, 0.3) is 0 Å². The lowest BCUT2D eigenvalue weighted by Crippen LogP contribution is -2.11. The number of unbranched alkanes of at least 4 members (excludes halogenated alkanes) is 2. The quantitative estimate of drug-likeness (QED) is 0.516. The van der Waals surface area contributed by atoms with Gasteiger partial charge in [-0.05, 0) is 30.6 Å². The summed E-state index contributed by atoms with van der Waals surface area (Å²) in [6.45, 7) is 7.08. The Balaban J connectivity index is 2.20. The first-order valence-corrected chi connectivity index (χ1v) is 5.75. The standard InChI is InChI=1S/C12H24/c1-4-6-7-8-12(9-10-12)11(3)5-2/h11H,4-10H2,1-3H3. The molecule has 0 aliphatic heterocycles. The first-order valence-electron chi connectivity index (χ1n) is 5.75. The molecular weight excluding hydrogens is 144 g/mol. The highest BCUT2D eigenvalue weighted by molar-refractivity contribution is 4.95. The van der Waals surface area contributed by atoms with Crippen LogP contribution in [0.4, 0.5) is 0 Å². The van der Waals surface area contributed by atoms with Gasteiger partial charge in [0.15, 0.2) is 0 Å². The van der Waals surface area contributed by atoms with E-state index < -0.39 is 0 Å². The number of hydrogen-bond acceptors (Lipinski definition) is 0. The summed E-state index contributed by atoms with van der Waals surface area (Å²) >= 11 is 0. The van der Waals surface area contributed by atoms with Crippen molar-refractivity contribution in [2.45, 2.75) is 65.7 Å². The summed E-state index contributed by atoms with van der Waals surface area (Å²) in [7, 11) is 0. The topological polar surface area (TPSA) is 0 Å². The van der Waals surface area contributed by atoms with Gasteiger partial charge < -0.3 is 0 Å². The highest BCUT2D eigenvalue weighted by Crippen LogP contribution is 2.56. The lowest BCUT2D eigenvalue weighted by molar-refractivity contribution is 0.292. The molecule has 0 aromatic heterocycles. The molecule has 1 aliphatic rings. The lowest BCUT2D eigenvalue weighted by Gasteiger charge is -2.21. The molecule has 0 spiro atoms. The second-order valence-corrected chi connectivity index (χ2v) is 4.63. The Labute approximate surface area is 77.7 Å². The fourth-order valence-corrected chi connectivity index (χ4v) is 2.31. The molecule has 1 aliphatic carbocycles. The van der Waals surface area contributed by atoms with Gasteiger partial charge >= 0.3 is 0 Å². The van der Waals surface area contributed by atoms with Crippen LogP contribution in [0.5, 0.6) is 0 Å². The average molecular weight is 168 g/mol.